The van der Waals surface area contributed by atoms with Crippen LogP contribution in [-0.2, 0) is 14.4 Å². The molecule has 0 aromatic carbocycles. The first-order valence-corrected chi connectivity index (χ1v) is 5.86. The second-order valence-electron chi connectivity index (χ2n) is 3.98. The van der Waals surface area contributed by atoms with Gasteiger partial charge >= 0.3 is 0 Å². The SMILES string of the molecule is CNC1=C(CCC(N)=O)C(=O)C(NC)=C(NC)C1=O. The van der Waals surface area contributed by atoms with Crippen LogP contribution in [0.1, 0.15) is 12.8 Å². The molecule has 0 heterocycles. The van der Waals surface area contributed by atoms with Crippen molar-refractivity contribution in [3.8, 4) is 0 Å². The van der Waals surface area contributed by atoms with Crippen LogP contribution in [0.5, 0.6) is 0 Å². The second-order valence-corrected chi connectivity index (χ2v) is 3.98. The van der Waals surface area contributed by atoms with Gasteiger partial charge in [0.2, 0.25) is 17.5 Å². The molecule has 1 rings (SSSR count). The van der Waals surface area contributed by atoms with Crippen LogP contribution >= 0.6 is 0 Å². The zero-order chi connectivity index (χ0) is 14.6. The maximum absolute atomic E-state index is 12.3. The van der Waals surface area contributed by atoms with Crippen LogP contribution in [0.4, 0.5) is 0 Å². The lowest BCUT2D eigenvalue weighted by molar-refractivity contribution is -0.119. The summed E-state index contributed by atoms with van der Waals surface area (Å²) in [6.45, 7) is 0. The van der Waals surface area contributed by atoms with Gasteiger partial charge in [0, 0.05) is 33.1 Å². The molecule has 0 radical (unpaired) electrons. The van der Waals surface area contributed by atoms with Gasteiger partial charge in [-0.25, -0.2) is 0 Å². The van der Waals surface area contributed by atoms with Crippen LogP contribution in [0.25, 0.3) is 0 Å². The zero-order valence-electron chi connectivity index (χ0n) is 11.2. The first-order chi connectivity index (χ1) is 8.97. The van der Waals surface area contributed by atoms with E-state index in [0.29, 0.717) is 0 Å². The van der Waals surface area contributed by atoms with Gasteiger partial charge in [-0.2, -0.15) is 0 Å². The fourth-order valence-corrected chi connectivity index (χ4v) is 1.98. The summed E-state index contributed by atoms with van der Waals surface area (Å²) >= 11 is 0. The Balaban J connectivity index is 3.22. The summed E-state index contributed by atoms with van der Waals surface area (Å²) in [5.74, 6) is -1.14. The van der Waals surface area contributed by atoms with Crippen molar-refractivity contribution in [2.45, 2.75) is 12.8 Å². The van der Waals surface area contributed by atoms with Crippen molar-refractivity contribution in [2.24, 2.45) is 5.73 Å². The molecule has 0 aromatic heterocycles. The van der Waals surface area contributed by atoms with Crippen molar-refractivity contribution in [3.05, 3.63) is 22.7 Å². The van der Waals surface area contributed by atoms with Crippen LogP contribution in [-0.4, -0.2) is 38.6 Å². The number of ketones is 2. The van der Waals surface area contributed by atoms with Crippen LogP contribution in [0.3, 0.4) is 0 Å². The third-order valence-corrected chi connectivity index (χ3v) is 2.88. The largest absolute Gasteiger partial charge is 0.385 e. The highest BCUT2D eigenvalue weighted by Crippen LogP contribution is 2.23. The highest BCUT2D eigenvalue weighted by atomic mass is 16.1. The van der Waals surface area contributed by atoms with E-state index in [1.54, 1.807) is 21.1 Å². The predicted molar refractivity (Wildman–Crippen MR) is 69.7 cm³/mol. The van der Waals surface area contributed by atoms with Gasteiger partial charge < -0.3 is 21.7 Å². The van der Waals surface area contributed by atoms with Gasteiger partial charge in [-0.15, -0.1) is 0 Å². The standard InChI is InChI=1S/C12H18N4O3/c1-14-8-6(4-5-7(13)17)11(18)9(15-2)10(16-3)12(8)19/h14-16H,4-5H2,1-3H3,(H2,13,17). The summed E-state index contributed by atoms with van der Waals surface area (Å²) in [7, 11) is 4.69. The summed E-state index contributed by atoms with van der Waals surface area (Å²) in [5.41, 5.74) is 5.96. The Hall–Kier alpha value is -2.31. The highest BCUT2D eigenvalue weighted by molar-refractivity contribution is 6.24. The Morgan fingerprint density at radius 3 is 1.84 bits per heavy atom. The third kappa shape index (κ3) is 2.75. The van der Waals surface area contributed by atoms with E-state index in [1.165, 1.54) is 0 Å². The Morgan fingerprint density at radius 1 is 0.947 bits per heavy atom. The lowest BCUT2D eigenvalue weighted by Crippen LogP contribution is -2.38. The van der Waals surface area contributed by atoms with Gasteiger partial charge in [-0.05, 0) is 6.42 Å². The molecule has 0 aromatic rings. The van der Waals surface area contributed by atoms with E-state index in [-0.39, 0.29) is 47.1 Å². The van der Waals surface area contributed by atoms with Crippen molar-refractivity contribution in [3.63, 3.8) is 0 Å². The number of nitrogens with one attached hydrogen (secondary N) is 3. The topological polar surface area (TPSA) is 113 Å². The van der Waals surface area contributed by atoms with E-state index >= 15 is 0 Å². The first-order valence-electron chi connectivity index (χ1n) is 5.86. The van der Waals surface area contributed by atoms with E-state index in [2.05, 4.69) is 16.0 Å². The molecule has 19 heavy (non-hydrogen) atoms. The molecule has 0 saturated carbocycles. The molecule has 0 fully saturated rings. The Labute approximate surface area is 111 Å². The number of carbonyl (C=O) groups is 3. The lowest BCUT2D eigenvalue weighted by atomic mass is 9.91. The van der Waals surface area contributed by atoms with Gasteiger partial charge in [0.15, 0.2) is 0 Å². The molecular formula is C12H18N4O3. The fourth-order valence-electron chi connectivity index (χ4n) is 1.98. The maximum atomic E-state index is 12.3. The fraction of sp³-hybridized carbons (Fsp3) is 0.417. The van der Waals surface area contributed by atoms with Crippen molar-refractivity contribution in [1.82, 2.24) is 16.0 Å². The van der Waals surface area contributed by atoms with Gasteiger partial charge in [-0.3, -0.25) is 14.4 Å². The Morgan fingerprint density at radius 2 is 1.42 bits per heavy atom. The number of amides is 1. The molecular weight excluding hydrogens is 248 g/mol. The molecule has 1 aliphatic rings. The van der Waals surface area contributed by atoms with E-state index in [4.69, 9.17) is 5.73 Å². The molecule has 1 amide bonds. The summed E-state index contributed by atoms with van der Waals surface area (Å²) in [6, 6.07) is 0. The Bertz CT molecular complexity index is 491. The Kier molecular flexibility index (Phi) is 4.68. The number of nitrogens with two attached hydrogens (primary N) is 1. The minimum Gasteiger partial charge on any atom is -0.385 e. The average Bonchev–Trinajstić information content (AvgIpc) is 2.38. The van der Waals surface area contributed by atoms with Crippen molar-refractivity contribution < 1.29 is 14.4 Å². The van der Waals surface area contributed by atoms with Crippen molar-refractivity contribution in [2.75, 3.05) is 21.1 Å². The predicted octanol–water partition coefficient (Wildman–Crippen LogP) is -1.47. The van der Waals surface area contributed by atoms with Crippen molar-refractivity contribution >= 4 is 17.5 Å². The molecule has 0 saturated heterocycles. The highest BCUT2D eigenvalue weighted by Gasteiger charge is 2.33. The third-order valence-electron chi connectivity index (χ3n) is 2.88. The number of likely N-dealkylation sites (N-methyl/N-ethyl adjacent to an activating group) is 3. The minimum atomic E-state index is -0.516. The smallest absolute Gasteiger partial charge is 0.227 e. The van der Waals surface area contributed by atoms with Crippen LogP contribution in [0.15, 0.2) is 22.7 Å². The molecule has 7 heteroatoms. The molecule has 7 nitrogen and oxygen atoms in total. The zero-order valence-corrected chi connectivity index (χ0v) is 11.2. The number of rotatable bonds is 6. The number of hydrogen-bond acceptors (Lipinski definition) is 6. The van der Waals surface area contributed by atoms with E-state index < -0.39 is 5.91 Å². The van der Waals surface area contributed by atoms with E-state index in [1.807, 2.05) is 0 Å². The van der Waals surface area contributed by atoms with E-state index in [9.17, 15) is 14.4 Å². The maximum Gasteiger partial charge on any atom is 0.227 e. The number of carbonyl (C=O) groups excluding carboxylic acids is 3. The number of primary amides is 1. The van der Waals surface area contributed by atoms with Crippen LogP contribution in [0, 0.1) is 0 Å². The van der Waals surface area contributed by atoms with Crippen LogP contribution < -0.4 is 21.7 Å². The molecule has 1 aliphatic carbocycles. The number of allylic oxidation sites excluding steroid dienone is 1. The molecule has 0 bridgehead atoms. The van der Waals surface area contributed by atoms with Crippen LogP contribution in [0.2, 0.25) is 0 Å². The first kappa shape index (κ1) is 14.7. The second kappa shape index (κ2) is 6.03. The van der Waals surface area contributed by atoms with Gasteiger partial charge in [0.05, 0.1) is 5.70 Å². The normalized spacial score (nSPS) is 15.7. The summed E-state index contributed by atoms with van der Waals surface area (Å²) in [6.07, 6.45) is 0.156. The molecule has 0 spiro atoms. The van der Waals surface area contributed by atoms with Gasteiger partial charge in [-0.1, -0.05) is 0 Å². The molecule has 104 valence electrons. The van der Waals surface area contributed by atoms with Crippen molar-refractivity contribution in [1.29, 1.82) is 0 Å². The molecule has 0 aliphatic heterocycles. The van der Waals surface area contributed by atoms with E-state index in [0.717, 1.165) is 0 Å². The summed E-state index contributed by atoms with van der Waals surface area (Å²) in [4.78, 5) is 35.3. The molecule has 0 atom stereocenters. The monoisotopic (exact) mass is 266 g/mol. The number of hydrogen-bond donors (Lipinski definition) is 4. The average molecular weight is 266 g/mol. The minimum absolute atomic E-state index is 0.0193. The van der Waals surface area contributed by atoms with Gasteiger partial charge in [0.1, 0.15) is 11.4 Å². The molecule has 0 unspecified atom stereocenters. The summed E-state index contributed by atoms with van der Waals surface area (Å²) < 4.78 is 0. The quantitative estimate of drug-likeness (QED) is 0.436. The molecule has 5 N–H and O–H groups in total. The summed E-state index contributed by atoms with van der Waals surface area (Å²) in [5, 5.41) is 8.15. The lowest BCUT2D eigenvalue weighted by Gasteiger charge is -2.23. The van der Waals surface area contributed by atoms with Gasteiger partial charge in [0.25, 0.3) is 0 Å². The number of Topliss-reactive ketones (excluding diaryl/α,β-unsaturated/α-hetero) is 2.